The lowest BCUT2D eigenvalue weighted by molar-refractivity contribution is -0.115. The fraction of sp³-hybridized carbons (Fsp3) is 0.158. The Labute approximate surface area is 171 Å². The highest BCUT2D eigenvalue weighted by molar-refractivity contribution is 7.97. The molecule has 9 heteroatoms. The minimum Gasteiger partial charge on any atom is -0.343 e. The smallest absolute Gasteiger partial charge is 0.251 e. The van der Waals surface area contributed by atoms with Gasteiger partial charge in [0.15, 0.2) is 5.13 Å². The molecule has 0 aliphatic rings. The second-order valence-corrected chi connectivity index (χ2v) is 8.16. The van der Waals surface area contributed by atoms with E-state index in [4.69, 9.17) is 0 Å². The zero-order valence-corrected chi connectivity index (χ0v) is 17.0. The fourth-order valence-electron chi connectivity index (χ4n) is 2.29. The third-order valence-corrected chi connectivity index (χ3v) is 5.06. The number of anilines is 1. The van der Waals surface area contributed by atoms with E-state index in [-0.39, 0.29) is 18.4 Å². The summed E-state index contributed by atoms with van der Waals surface area (Å²) in [4.78, 5) is 33.9. The topological polar surface area (TPSA) is 87.2 Å². The molecule has 3 rings (SSSR count). The first-order chi connectivity index (χ1) is 13.5. The van der Waals surface area contributed by atoms with Gasteiger partial charge in [-0.15, -0.1) is 11.3 Å². The zero-order valence-electron chi connectivity index (χ0n) is 15.4. The van der Waals surface area contributed by atoms with Gasteiger partial charge in [0.2, 0.25) is 5.91 Å². The quantitative estimate of drug-likeness (QED) is 0.579. The van der Waals surface area contributed by atoms with Crippen LogP contribution in [0.4, 0.5) is 5.13 Å². The molecule has 0 saturated heterocycles. The molecule has 0 fully saturated rings. The Hall–Kier alpha value is -2.75. The van der Waals surface area contributed by atoms with Gasteiger partial charge in [-0.1, -0.05) is 12.1 Å². The van der Waals surface area contributed by atoms with Crippen LogP contribution in [0.2, 0.25) is 0 Å². The second kappa shape index (κ2) is 9.45. The van der Waals surface area contributed by atoms with Crippen LogP contribution in [0.25, 0.3) is 11.4 Å². The Morgan fingerprint density at radius 1 is 1.14 bits per heavy atom. The molecule has 2 heterocycles. The van der Waals surface area contributed by atoms with Crippen LogP contribution in [0, 0.1) is 0 Å². The van der Waals surface area contributed by atoms with Gasteiger partial charge in [-0.3, -0.25) is 18.9 Å². The van der Waals surface area contributed by atoms with Crippen LogP contribution in [0.1, 0.15) is 10.4 Å². The van der Waals surface area contributed by atoms with Crippen molar-refractivity contribution in [2.75, 3.05) is 26.0 Å². The first kappa shape index (κ1) is 20.0. The van der Waals surface area contributed by atoms with E-state index < -0.39 is 0 Å². The van der Waals surface area contributed by atoms with E-state index in [0.29, 0.717) is 16.4 Å². The Bertz CT molecular complexity index is 960. The van der Waals surface area contributed by atoms with Crippen LogP contribution < -0.4 is 10.6 Å². The van der Waals surface area contributed by atoms with Gasteiger partial charge in [0.25, 0.3) is 5.91 Å². The molecule has 0 aliphatic heterocycles. The molecule has 0 aliphatic carbocycles. The number of amides is 2. The number of carbonyl (C=O) groups is 2. The summed E-state index contributed by atoms with van der Waals surface area (Å²) in [5.41, 5.74) is 1.94. The van der Waals surface area contributed by atoms with Gasteiger partial charge in [0, 0.05) is 22.0 Å². The molecule has 2 N–H and O–H groups in total. The molecule has 0 radical (unpaired) electrons. The van der Waals surface area contributed by atoms with E-state index in [0.717, 1.165) is 10.6 Å². The highest BCUT2D eigenvalue weighted by Crippen LogP contribution is 2.23. The molecule has 0 unspecified atom stereocenters. The molecule has 144 valence electrons. The average molecular weight is 414 g/mol. The van der Waals surface area contributed by atoms with Crippen molar-refractivity contribution in [3.05, 3.63) is 59.6 Å². The highest BCUT2D eigenvalue weighted by Gasteiger charge is 2.11. The second-order valence-electron chi connectivity index (χ2n) is 5.92. The van der Waals surface area contributed by atoms with Crippen molar-refractivity contribution in [3.63, 3.8) is 0 Å². The SMILES string of the molecule is CN(C)Sc1cccc(C(=O)NCC(=O)Nc2nc(-c3ccccn3)cs2)c1. The van der Waals surface area contributed by atoms with Crippen molar-refractivity contribution in [2.24, 2.45) is 0 Å². The summed E-state index contributed by atoms with van der Waals surface area (Å²) in [7, 11) is 3.86. The van der Waals surface area contributed by atoms with Gasteiger partial charge in [-0.25, -0.2) is 4.98 Å². The number of hydrogen-bond acceptors (Lipinski definition) is 7. The number of hydrogen-bond donors (Lipinski definition) is 2. The molecule has 0 saturated carbocycles. The third-order valence-electron chi connectivity index (χ3n) is 3.47. The Morgan fingerprint density at radius 3 is 2.75 bits per heavy atom. The monoisotopic (exact) mass is 413 g/mol. The largest absolute Gasteiger partial charge is 0.343 e. The summed E-state index contributed by atoms with van der Waals surface area (Å²) in [5.74, 6) is -0.640. The van der Waals surface area contributed by atoms with Crippen molar-refractivity contribution < 1.29 is 9.59 Å². The highest BCUT2D eigenvalue weighted by atomic mass is 32.2. The molecule has 0 spiro atoms. The van der Waals surface area contributed by atoms with Gasteiger partial charge in [0.05, 0.1) is 12.2 Å². The Balaban J connectivity index is 1.53. The van der Waals surface area contributed by atoms with Crippen LogP contribution in [-0.2, 0) is 4.79 Å². The number of rotatable bonds is 7. The summed E-state index contributed by atoms with van der Waals surface area (Å²) < 4.78 is 1.94. The Morgan fingerprint density at radius 2 is 2.00 bits per heavy atom. The van der Waals surface area contributed by atoms with Gasteiger partial charge in [-0.2, -0.15) is 0 Å². The van der Waals surface area contributed by atoms with E-state index >= 15 is 0 Å². The predicted molar refractivity (Wildman–Crippen MR) is 112 cm³/mol. The maximum Gasteiger partial charge on any atom is 0.251 e. The molecular weight excluding hydrogens is 394 g/mol. The van der Waals surface area contributed by atoms with Crippen LogP contribution in [0.5, 0.6) is 0 Å². The molecule has 28 heavy (non-hydrogen) atoms. The summed E-state index contributed by atoms with van der Waals surface area (Å²) >= 11 is 2.83. The van der Waals surface area contributed by atoms with E-state index in [1.54, 1.807) is 18.3 Å². The summed E-state index contributed by atoms with van der Waals surface area (Å²) in [6.45, 7) is -0.137. The van der Waals surface area contributed by atoms with Crippen molar-refractivity contribution in [2.45, 2.75) is 4.90 Å². The lowest BCUT2D eigenvalue weighted by Gasteiger charge is -2.10. The lowest BCUT2D eigenvalue weighted by Crippen LogP contribution is -2.32. The summed E-state index contributed by atoms with van der Waals surface area (Å²) in [5, 5.41) is 7.61. The van der Waals surface area contributed by atoms with E-state index in [9.17, 15) is 9.59 Å². The van der Waals surface area contributed by atoms with Gasteiger partial charge >= 0.3 is 0 Å². The molecule has 3 aromatic rings. The summed E-state index contributed by atoms with van der Waals surface area (Å²) in [6.07, 6.45) is 1.69. The number of carbonyl (C=O) groups excluding carboxylic acids is 2. The van der Waals surface area contributed by atoms with E-state index in [1.165, 1.54) is 23.3 Å². The van der Waals surface area contributed by atoms with Crippen molar-refractivity contribution in [1.82, 2.24) is 19.6 Å². The number of thiazole rings is 1. The number of benzene rings is 1. The van der Waals surface area contributed by atoms with Crippen molar-refractivity contribution in [1.29, 1.82) is 0 Å². The Kier molecular flexibility index (Phi) is 6.75. The lowest BCUT2D eigenvalue weighted by atomic mass is 10.2. The van der Waals surface area contributed by atoms with Gasteiger partial charge < -0.3 is 10.6 Å². The van der Waals surface area contributed by atoms with E-state index in [2.05, 4.69) is 20.6 Å². The number of nitrogens with zero attached hydrogens (tertiary/aromatic N) is 3. The van der Waals surface area contributed by atoms with Crippen LogP contribution >= 0.6 is 23.3 Å². The third kappa shape index (κ3) is 5.62. The molecule has 2 amide bonds. The molecule has 1 aromatic carbocycles. The first-order valence-corrected chi connectivity index (χ1v) is 10.1. The van der Waals surface area contributed by atoms with Crippen LogP contribution in [-0.4, -0.2) is 46.7 Å². The van der Waals surface area contributed by atoms with E-state index in [1.807, 2.05) is 54.1 Å². The first-order valence-electron chi connectivity index (χ1n) is 8.41. The fourth-order valence-corrected chi connectivity index (χ4v) is 3.76. The van der Waals surface area contributed by atoms with Crippen LogP contribution in [0.15, 0.2) is 58.9 Å². The molecule has 2 aromatic heterocycles. The number of nitrogens with one attached hydrogen (secondary N) is 2. The molecule has 7 nitrogen and oxygen atoms in total. The minimum atomic E-state index is -0.339. The minimum absolute atomic E-state index is 0.137. The van der Waals surface area contributed by atoms with Gasteiger partial charge in [-0.05, 0) is 56.4 Å². The molecule has 0 bridgehead atoms. The number of pyridine rings is 1. The maximum absolute atomic E-state index is 12.3. The predicted octanol–water partition coefficient (Wildman–Crippen LogP) is 3.14. The van der Waals surface area contributed by atoms with Gasteiger partial charge in [0.1, 0.15) is 5.69 Å². The van der Waals surface area contributed by atoms with Crippen molar-refractivity contribution >= 4 is 40.2 Å². The maximum atomic E-state index is 12.3. The van der Waals surface area contributed by atoms with Crippen LogP contribution in [0.3, 0.4) is 0 Å². The molecular formula is C19H19N5O2S2. The number of aromatic nitrogens is 2. The molecule has 0 atom stereocenters. The standard InChI is InChI=1S/C19H19N5O2S2/c1-24(2)28-14-7-5-6-13(10-14)18(26)21-11-17(25)23-19-22-16(12-27-19)15-8-3-4-9-20-15/h3-10,12H,11H2,1-2H3,(H,21,26)(H,22,23,25). The zero-order chi connectivity index (χ0) is 19.9. The van der Waals surface area contributed by atoms with Crippen molar-refractivity contribution in [3.8, 4) is 11.4 Å². The normalized spacial score (nSPS) is 10.7. The average Bonchev–Trinajstić information content (AvgIpc) is 3.15. The summed E-state index contributed by atoms with van der Waals surface area (Å²) in [6, 6.07) is 12.8.